The van der Waals surface area contributed by atoms with Gasteiger partial charge in [0, 0.05) is 52.0 Å². The van der Waals surface area contributed by atoms with Crippen molar-refractivity contribution in [3.05, 3.63) is 36.0 Å². The lowest BCUT2D eigenvalue weighted by Gasteiger charge is -2.47. The van der Waals surface area contributed by atoms with Crippen molar-refractivity contribution in [2.75, 3.05) is 34.5 Å². The van der Waals surface area contributed by atoms with Crippen LogP contribution in [0.15, 0.2) is 36.0 Å². The van der Waals surface area contributed by atoms with Gasteiger partial charge in [-0.2, -0.15) is 0 Å². The first-order chi connectivity index (χ1) is 28.9. The van der Waals surface area contributed by atoms with Gasteiger partial charge in [0.05, 0.1) is 30.5 Å². The van der Waals surface area contributed by atoms with Crippen LogP contribution in [0, 0.1) is 29.6 Å². The van der Waals surface area contributed by atoms with E-state index in [2.05, 4.69) is 6.58 Å². The summed E-state index contributed by atoms with van der Waals surface area (Å²) in [6, 6.07) is -1.18. The number of rotatable bonds is 10. The normalized spacial score (nSPS) is 39.0. The molecule has 344 valence electrons. The van der Waals surface area contributed by atoms with E-state index in [-0.39, 0.29) is 43.4 Å². The van der Waals surface area contributed by atoms with Crippen molar-refractivity contribution in [2.45, 2.75) is 160 Å². The van der Waals surface area contributed by atoms with Crippen LogP contribution in [0.2, 0.25) is 0 Å². The van der Waals surface area contributed by atoms with Crippen LogP contribution in [0.4, 0.5) is 0 Å². The number of carbonyl (C=O) groups excluding carboxylic acids is 4. The summed E-state index contributed by atoms with van der Waals surface area (Å²) < 4.78 is 35.5. The van der Waals surface area contributed by atoms with E-state index in [0.717, 1.165) is 10.5 Å². The van der Waals surface area contributed by atoms with Gasteiger partial charge in [0.15, 0.2) is 0 Å². The summed E-state index contributed by atoms with van der Waals surface area (Å²) in [5, 5.41) is 33.0. The van der Waals surface area contributed by atoms with Gasteiger partial charge in [-0.05, 0) is 95.5 Å². The lowest BCUT2D eigenvalue weighted by Crippen LogP contribution is -2.64. The van der Waals surface area contributed by atoms with Crippen molar-refractivity contribution in [1.82, 2.24) is 4.90 Å². The molecule has 15 heteroatoms. The van der Waals surface area contributed by atoms with Crippen LogP contribution in [0.5, 0.6) is 0 Å². The molecule has 1 amide bonds. The maximum atomic E-state index is 14.4. The molecule has 2 bridgehead atoms. The van der Waals surface area contributed by atoms with Crippen molar-refractivity contribution in [2.24, 2.45) is 29.6 Å². The second kappa shape index (κ2) is 22.9. The molecule has 0 spiro atoms. The van der Waals surface area contributed by atoms with Gasteiger partial charge in [-0.25, -0.2) is 9.59 Å². The Kier molecular flexibility index (Phi) is 18.9. The molecule has 4 rings (SSSR count). The molecule has 3 aliphatic heterocycles. The van der Waals surface area contributed by atoms with Gasteiger partial charge in [0.25, 0.3) is 11.7 Å². The number of ether oxygens (including phenoxy) is 6. The van der Waals surface area contributed by atoms with E-state index in [1.165, 1.54) is 21.3 Å². The summed E-state index contributed by atoms with van der Waals surface area (Å²) >= 11 is 0. The molecule has 4 aliphatic rings. The van der Waals surface area contributed by atoms with Gasteiger partial charge in [0.1, 0.15) is 30.6 Å². The smallest absolute Gasteiger partial charge is 0.329 e. The highest BCUT2D eigenvalue weighted by Crippen LogP contribution is 2.39. The van der Waals surface area contributed by atoms with Crippen molar-refractivity contribution >= 4 is 29.4 Å². The Hall–Kier alpha value is -3.31. The Morgan fingerprint density at radius 3 is 2.26 bits per heavy atom. The number of aliphatic hydroxyl groups excluding tert-OH is 1. The number of aliphatic hydroxyl groups is 2. The predicted octanol–water partition coefficient (Wildman–Crippen LogP) is 4.75. The third-order valence-electron chi connectivity index (χ3n) is 13.3. The third-order valence-corrected chi connectivity index (χ3v) is 13.3. The molecule has 1 saturated carbocycles. The van der Waals surface area contributed by atoms with Gasteiger partial charge in [0.2, 0.25) is 5.79 Å². The number of fused-ring (bicyclic) bond motifs is 3. The molecule has 3 fully saturated rings. The van der Waals surface area contributed by atoms with Crippen molar-refractivity contribution in [1.29, 1.82) is 0 Å². The average molecular weight is 862 g/mol. The lowest BCUT2D eigenvalue weighted by atomic mass is 9.81. The van der Waals surface area contributed by atoms with Gasteiger partial charge in [-0.1, -0.05) is 44.6 Å². The first-order valence-corrected chi connectivity index (χ1v) is 21.9. The van der Waals surface area contributed by atoms with Gasteiger partial charge in [-0.3, -0.25) is 14.4 Å². The molecule has 61 heavy (non-hydrogen) atoms. The molecule has 2 saturated heterocycles. The first-order valence-electron chi connectivity index (χ1n) is 21.9. The molecule has 1 aliphatic carbocycles. The second-order valence-electron chi connectivity index (χ2n) is 17.9. The van der Waals surface area contributed by atoms with E-state index in [1.807, 2.05) is 26.0 Å². The van der Waals surface area contributed by atoms with Crippen LogP contribution in [0.25, 0.3) is 0 Å². The Morgan fingerprint density at radius 2 is 1.62 bits per heavy atom. The topological polar surface area (TPSA) is 205 Å². The number of nitrogens with zero attached hydrogens (tertiary/aromatic N) is 1. The highest BCUT2D eigenvalue weighted by molar-refractivity contribution is 6.39. The lowest BCUT2D eigenvalue weighted by molar-refractivity contribution is -0.302. The van der Waals surface area contributed by atoms with Crippen LogP contribution in [-0.4, -0.2) is 139 Å². The number of allylic oxidation sites excluding steroid dienone is 4. The molecule has 14 atom stereocenters. The predicted molar refractivity (Wildman–Crippen MR) is 224 cm³/mol. The maximum Gasteiger partial charge on any atom is 0.329 e. The number of amides is 1. The summed E-state index contributed by atoms with van der Waals surface area (Å²) in [5.41, 5.74) is 1.55. The van der Waals surface area contributed by atoms with E-state index in [4.69, 9.17) is 33.5 Å². The second-order valence-corrected chi connectivity index (χ2v) is 17.9. The number of carbonyl (C=O) groups is 5. The molecule has 15 nitrogen and oxygen atoms in total. The fourth-order valence-corrected chi connectivity index (χ4v) is 9.78. The number of methoxy groups -OCH3 is 3. The Labute approximate surface area is 361 Å². The van der Waals surface area contributed by atoms with Crippen molar-refractivity contribution < 1.29 is 67.7 Å². The molecule has 0 radical (unpaired) electrons. The molecule has 0 aromatic heterocycles. The number of esters is 1. The number of Topliss-reactive ketones (excluding diaryl/α,β-unsaturated/α-hetero) is 2. The van der Waals surface area contributed by atoms with Gasteiger partial charge < -0.3 is 48.6 Å². The van der Waals surface area contributed by atoms with Crippen LogP contribution >= 0.6 is 0 Å². The fraction of sp³-hybridized carbons (Fsp3) is 0.761. The third kappa shape index (κ3) is 12.7. The average Bonchev–Trinajstić information content (AvgIpc) is 3.23. The Balaban J connectivity index is 1.76. The number of piperidine rings is 1. The molecule has 0 aromatic carbocycles. The number of aliphatic carboxylic acids is 1. The molecular weight excluding hydrogens is 790 g/mol. The molecule has 0 aromatic rings. The quantitative estimate of drug-likeness (QED) is 0.154. The van der Waals surface area contributed by atoms with E-state index < -0.39 is 103 Å². The SMILES string of the molecule is C=CC[C@@H]1/C=C(\C)C[C@H](C)C[C@H](OC)[C@H]2O[C@@](O)(C(=O)C(=O)N3CCCC[C@H]3C(=O)O[C@H](/C(C)=C/C3CC[C@@H](OCC(=O)O)[C@H](OC)C3)[C@H](C)[C@@H](O)CC1=O)[C@H](C)C[C@@H]2OC. The number of hydrogen-bond donors (Lipinski definition) is 3. The van der Waals surface area contributed by atoms with Crippen LogP contribution < -0.4 is 0 Å². The number of carboxylic acid groups (broad SMARTS) is 1. The minimum atomic E-state index is -2.53. The summed E-state index contributed by atoms with van der Waals surface area (Å²) in [6.45, 7) is 12.6. The molecular formula is C46H71NO14. The summed E-state index contributed by atoms with van der Waals surface area (Å²) in [7, 11) is 4.57. The highest BCUT2D eigenvalue weighted by Gasteiger charge is 2.56. The standard InChI is InChI=1S/C46H71NO14/c1-10-13-32-19-26(2)18-27(3)20-38(57-8)42-39(58-9)22-29(5)46(55,61-42)43(52)44(53)47-17-12-11-14-33(47)45(54)60-41(30(6)34(48)24-35(32)49)28(4)21-31-15-16-36(37(23-31)56-7)59-25-40(50)51/h10,19,21,27,29-34,36-39,41-42,48,55H,1,11-18,20,22-25H2,2-9H3,(H,50,51)/b26-19+,28-21+/t27-,29+,30+,31?,32+,33-,34-,36+,37+,38-,39-,41+,42+,46+/m0/s1. The number of carboxylic acids is 1. The van der Waals surface area contributed by atoms with E-state index in [1.54, 1.807) is 26.8 Å². The fourth-order valence-electron chi connectivity index (χ4n) is 9.78. The molecule has 1 unspecified atom stereocenters. The number of ketones is 2. The number of cyclic esters (lactones) is 1. The van der Waals surface area contributed by atoms with E-state index >= 15 is 0 Å². The zero-order chi connectivity index (χ0) is 45.2. The molecule has 3 N–H and O–H groups in total. The first kappa shape index (κ1) is 50.3. The highest BCUT2D eigenvalue weighted by atomic mass is 16.7. The van der Waals surface area contributed by atoms with Crippen molar-refractivity contribution in [3.63, 3.8) is 0 Å². The Bertz CT molecular complexity index is 1610. The summed E-state index contributed by atoms with van der Waals surface area (Å²) in [5.74, 6) is -9.14. The van der Waals surface area contributed by atoms with E-state index in [0.29, 0.717) is 56.9 Å². The van der Waals surface area contributed by atoms with Crippen LogP contribution in [0.3, 0.4) is 0 Å². The summed E-state index contributed by atoms with van der Waals surface area (Å²) in [4.78, 5) is 69.3. The van der Waals surface area contributed by atoms with Crippen LogP contribution in [-0.2, 0) is 52.4 Å². The Morgan fingerprint density at radius 1 is 0.951 bits per heavy atom. The van der Waals surface area contributed by atoms with Crippen LogP contribution in [0.1, 0.15) is 105 Å². The minimum absolute atomic E-state index is 0.00874. The van der Waals surface area contributed by atoms with Gasteiger partial charge >= 0.3 is 11.9 Å². The largest absolute Gasteiger partial charge is 0.480 e. The monoisotopic (exact) mass is 861 g/mol. The zero-order valence-electron chi connectivity index (χ0n) is 37.4. The molecule has 3 heterocycles. The van der Waals surface area contributed by atoms with E-state index in [9.17, 15) is 34.2 Å². The number of hydrogen-bond acceptors (Lipinski definition) is 13. The summed E-state index contributed by atoms with van der Waals surface area (Å²) in [6.07, 6.45) is 4.58. The van der Waals surface area contributed by atoms with Crippen molar-refractivity contribution in [3.8, 4) is 0 Å². The van der Waals surface area contributed by atoms with Gasteiger partial charge in [-0.15, -0.1) is 6.58 Å². The zero-order valence-corrected chi connectivity index (χ0v) is 37.4. The maximum absolute atomic E-state index is 14.4. The minimum Gasteiger partial charge on any atom is -0.480 e.